The van der Waals surface area contributed by atoms with Crippen LogP contribution in [0.5, 0.6) is 11.5 Å². The molecule has 1 unspecified atom stereocenters. The zero-order chi connectivity index (χ0) is 14.0. The summed E-state index contributed by atoms with van der Waals surface area (Å²) in [4.78, 5) is 0. The molecule has 3 nitrogen and oxygen atoms in total. The third-order valence-electron chi connectivity index (χ3n) is 2.78. The van der Waals surface area contributed by atoms with Gasteiger partial charge in [-0.2, -0.15) is 0 Å². The average molecular weight is 326 g/mol. The van der Waals surface area contributed by atoms with Gasteiger partial charge in [0.05, 0.1) is 10.5 Å². The van der Waals surface area contributed by atoms with Crippen LogP contribution in [0.25, 0.3) is 0 Å². The van der Waals surface area contributed by atoms with E-state index in [-0.39, 0.29) is 23.4 Å². The summed E-state index contributed by atoms with van der Waals surface area (Å²) in [6.07, 6.45) is 0. The lowest BCUT2D eigenvalue weighted by Crippen LogP contribution is -2.07. The smallest absolute Gasteiger partial charge is 0.139 e. The summed E-state index contributed by atoms with van der Waals surface area (Å²) in [5.74, 6) is -0.212. The molecule has 100 valence electrons. The Morgan fingerprint density at radius 3 is 2.58 bits per heavy atom. The van der Waals surface area contributed by atoms with E-state index in [9.17, 15) is 14.6 Å². The number of nitrogens with one attached hydrogen (secondary N) is 1. The molecule has 2 aromatic rings. The predicted molar refractivity (Wildman–Crippen MR) is 75.9 cm³/mol. The first kappa shape index (κ1) is 13.7. The molecule has 2 rings (SSSR count). The first-order chi connectivity index (χ1) is 8.97. The molecule has 0 amide bonds. The van der Waals surface area contributed by atoms with Gasteiger partial charge in [0.25, 0.3) is 0 Å². The maximum atomic E-state index is 13.4. The van der Waals surface area contributed by atoms with Crippen LogP contribution in [0, 0.1) is 5.82 Å². The second kappa shape index (κ2) is 5.48. The minimum atomic E-state index is -0.364. The van der Waals surface area contributed by atoms with Gasteiger partial charge >= 0.3 is 0 Å². The van der Waals surface area contributed by atoms with Gasteiger partial charge in [0.2, 0.25) is 0 Å². The molecular weight excluding hydrogens is 313 g/mol. The lowest BCUT2D eigenvalue weighted by molar-refractivity contribution is 0.451. The molecule has 0 fully saturated rings. The summed E-state index contributed by atoms with van der Waals surface area (Å²) in [5.41, 5.74) is 1.14. The average Bonchev–Trinajstić information content (AvgIpc) is 2.36. The van der Waals surface area contributed by atoms with E-state index in [1.807, 2.05) is 6.92 Å². The molecule has 0 radical (unpaired) electrons. The number of phenolic OH excluding ortho intramolecular Hbond substituents is 2. The Labute approximate surface area is 118 Å². The van der Waals surface area contributed by atoms with Gasteiger partial charge in [-0.05, 0) is 59.3 Å². The number of hydrogen-bond donors (Lipinski definition) is 3. The fraction of sp³-hybridized carbons (Fsp3) is 0.143. The number of aromatic hydroxyl groups is 2. The van der Waals surface area contributed by atoms with Gasteiger partial charge in [-0.3, -0.25) is 0 Å². The van der Waals surface area contributed by atoms with Gasteiger partial charge in [-0.1, -0.05) is 0 Å². The van der Waals surface area contributed by atoms with Crippen molar-refractivity contribution >= 4 is 21.6 Å². The molecule has 0 saturated heterocycles. The molecule has 19 heavy (non-hydrogen) atoms. The van der Waals surface area contributed by atoms with Gasteiger partial charge in [0.1, 0.15) is 17.3 Å². The van der Waals surface area contributed by atoms with Crippen molar-refractivity contribution in [3.63, 3.8) is 0 Å². The Morgan fingerprint density at radius 2 is 1.89 bits per heavy atom. The second-order valence-corrected chi connectivity index (χ2v) is 5.09. The van der Waals surface area contributed by atoms with Gasteiger partial charge < -0.3 is 15.5 Å². The monoisotopic (exact) mass is 325 g/mol. The van der Waals surface area contributed by atoms with Crippen LogP contribution >= 0.6 is 15.9 Å². The summed E-state index contributed by atoms with van der Waals surface area (Å²) in [6, 6.07) is 8.72. The molecule has 3 N–H and O–H groups in total. The Hall–Kier alpha value is -1.75. The van der Waals surface area contributed by atoms with Crippen LogP contribution in [0.1, 0.15) is 18.5 Å². The Kier molecular flexibility index (Phi) is 3.95. The van der Waals surface area contributed by atoms with E-state index >= 15 is 0 Å². The molecule has 0 saturated carbocycles. The van der Waals surface area contributed by atoms with Crippen LogP contribution in [0.4, 0.5) is 10.1 Å². The number of rotatable bonds is 3. The number of anilines is 1. The van der Waals surface area contributed by atoms with Crippen molar-refractivity contribution in [1.29, 1.82) is 0 Å². The molecule has 0 aliphatic heterocycles. The van der Waals surface area contributed by atoms with Gasteiger partial charge in [0, 0.05) is 11.3 Å². The number of hydrogen-bond acceptors (Lipinski definition) is 3. The van der Waals surface area contributed by atoms with E-state index in [1.54, 1.807) is 12.1 Å². The van der Waals surface area contributed by atoms with Gasteiger partial charge in [0.15, 0.2) is 0 Å². The highest BCUT2D eigenvalue weighted by atomic mass is 79.9. The third kappa shape index (κ3) is 3.17. The molecule has 0 heterocycles. The van der Waals surface area contributed by atoms with Crippen LogP contribution in [0.2, 0.25) is 0 Å². The van der Waals surface area contributed by atoms with Gasteiger partial charge in [-0.25, -0.2) is 4.39 Å². The van der Waals surface area contributed by atoms with E-state index in [1.165, 1.54) is 24.3 Å². The topological polar surface area (TPSA) is 52.5 Å². The molecule has 5 heteroatoms. The van der Waals surface area contributed by atoms with Crippen LogP contribution in [-0.4, -0.2) is 10.2 Å². The molecule has 2 aromatic carbocycles. The summed E-state index contributed by atoms with van der Waals surface area (Å²) in [5, 5.41) is 22.2. The molecule has 0 aliphatic rings. The first-order valence-electron chi connectivity index (χ1n) is 5.71. The van der Waals surface area contributed by atoms with Crippen LogP contribution < -0.4 is 5.32 Å². The molecule has 1 atom stereocenters. The highest BCUT2D eigenvalue weighted by Gasteiger charge is 2.12. The minimum absolute atomic E-state index is 0.0726. The summed E-state index contributed by atoms with van der Waals surface area (Å²) in [6.45, 7) is 1.81. The molecule has 0 aliphatic carbocycles. The molecule has 0 bridgehead atoms. The summed E-state index contributed by atoms with van der Waals surface area (Å²) < 4.78 is 13.8. The van der Waals surface area contributed by atoms with Crippen molar-refractivity contribution in [3.05, 3.63) is 52.3 Å². The van der Waals surface area contributed by atoms with E-state index in [0.717, 1.165) is 0 Å². The minimum Gasteiger partial charge on any atom is -0.508 e. The highest BCUT2D eigenvalue weighted by molar-refractivity contribution is 9.10. The maximum absolute atomic E-state index is 13.4. The van der Waals surface area contributed by atoms with Crippen LogP contribution in [0.3, 0.4) is 0 Å². The summed E-state index contributed by atoms with van der Waals surface area (Å²) >= 11 is 3.09. The van der Waals surface area contributed by atoms with E-state index in [2.05, 4.69) is 21.2 Å². The first-order valence-corrected chi connectivity index (χ1v) is 6.50. The number of halogens is 2. The van der Waals surface area contributed by atoms with E-state index in [0.29, 0.717) is 15.7 Å². The van der Waals surface area contributed by atoms with Crippen molar-refractivity contribution in [2.45, 2.75) is 13.0 Å². The fourth-order valence-corrected chi connectivity index (χ4v) is 2.05. The lowest BCUT2D eigenvalue weighted by Gasteiger charge is -2.17. The van der Waals surface area contributed by atoms with Crippen molar-refractivity contribution in [2.75, 3.05) is 5.32 Å². The molecular formula is C14H13BrFNO2. The zero-order valence-electron chi connectivity index (χ0n) is 10.2. The SMILES string of the molecule is CC(Nc1ccc(Br)c(F)c1)c1cc(O)ccc1O. The number of benzene rings is 2. The maximum Gasteiger partial charge on any atom is 0.139 e. The fourth-order valence-electron chi connectivity index (χ4n) is 1.80. The second-order valence-electron chi connectivity index (χ2n) is 4.24. The standard InChI is InChI=1S/C14H13BrFNO2/c1-8(11-7-10(18)3-5-14(11)19)17-9-2-4-12(15)13(16)6-9/h2-8,17-19H,1H3. The largest absolute Gasteiger partial charge is 0.508 e. The molecule has 0 aromatic heterocycles. The Bertz CT molecular complexity index is 604. The number of phenols is 2. The highest BCUT2D eigenvalue weighted by Crippen LogP contribution is 2.30. The normalized spacial score (nSPS) is 12.2. The van der Waals surface area contributed by atoms with Gasteiger partial charge in [-0.15, -0.1) is 0 Å². The molecule has 0 spiro atoms. The van der Waals surface area contributed by atoms with Crippen molar-refractivity contribution in [1.82, 2.24) is 0 Å². The van der Waals surface area contributed by atoms with E-state index in [4.69, 9.17) is 0 Å². The Morgan fingerprint density at radius 1 is 1.16 bits per heavy atom. The van der Waals surface area contributed by atoms with Crippen molar-refractivity contribution in [3.8, 4) is 11.5 Å². The van der Waals surface area contributed by atoms with Crippen LogP contribution in [-0.2, 0) is 0 Å². The lowest BCUT2D eigenvalue weighted by atomic mass is 10.1. The van der Waals surface area contributed by atoms with Crippen molar-refractivity contribution in [2.24, 2.45) is 0 Å². The van der Waals surface area contributed by atoms with Crippen LogP contribution in [0.15, 0.2) is 40.9 Å². The third-order valence-corrected chi connectivity index (χ3v) is 3.42. The quantitative estimate of drug-likeness (QED) is 0.742. The predicted octanol–water partition coefficient (Wildman–Crippen LogP) is 4.17. The zero-order valence-corrected chi connectivity index (χ0v) is 11.8. The van der Waals surface area contributed by atoms with Crippen molar-refractivity contribution < 1.29 is 14.6 Å². The van der Waals surface area contributed by atoms with E-state index < -0.39 is 0 Å². The summed E-state index contributed by atoms with van der Waals surface area (Å²) in [7, 11) is 0. The Balaban J connectivity index is 2.22.